The van der Waals surface area contributed by atoms with Crippen molar-refractivity contribution in [1.82, 2.24) is 0 Å². The molecule has 0 aliphatic carbocycles. The van der Waals surface area contributed by atoms with Crippen LogP contribution in [0.25, 0.3) is 0 Å². The fraction of sp³-hybridized carbons (Fsp3) is 0.391. The SMILES string of the molecule is CCC(C)(CC)c1cccc(OC)c1/C(=N\C)OC(=N)c1ccccc1OC. The van der Waals surface area contributed by atoms with Crippen LogP contribution in [0.15, 0.2) is 47.5 Å². The van der Waals surface area contributed by atoms with Crippen LogP contribution in [-0.2, 0) is 10.2 Å². The van der Waals surface area contributed by atoms with E-state index in [2.05, 4.69) is 31.8 Å². The second kappa shape index (κ2) is 9.40. The fourth-order valence-corrected chi connectivity index (χ4v) is 3.25. The molecule has 1 N–H and O–H groups in total. The van der Waals surface area contributed by atoms with E-state index in [0.29, 0.717) is 23.0 Å². The van der Waals surface area contributed by atoms with Gasteiger partial charge in [0.2, 0.25) is 11.8 Å². The number of hydrogen-bond acceptors (Lipinski definition) is 5. The molecule has 0 saturated heterocycles. The van der Waals surface area contributed by atoms with Gasteiger partial charge in [0.05, 0.1) is 25.3 Å². The predicted molar refractivity (Wildman–Crippen MR) is 114 cm³/mol. The van der Waals surface area contributed by atoms with Gasteiger partial charge in [0.25, 0.3) is 0 Å². The van der Waals surface area contributed by atoms with Gasteiger partial charge in [-0.05, 0) is 42.0 Å². The van der Waals surface area contributed by atoms with Crippen molar-refractivity contribution < 1.29 is 14.2 Å². The first-order chi connectivity index (χ1) is 13.4. The summed E-state index contributed by atoms with van der Waals surface area (Å²) >= 11 is 0. The van der Waals surface area contributed by atoms with Gasteiger partial charge in [-0.25, -0.2) is 0 Å². The Kier molecular flexibility index (Phi) is 7.21. The fourth-order valence-electron chi connectivity index (χ4n) is 3.25. The zero-order valence-corrected chi connectivity index (χ0v) is 17.6. The number of nitrogens with one attached hydrogen (secondary N) is 1. The lowest BCUT2D eigenvalue weighted by Crippen LogP contribution is -2.25. The Bertz CT molecular complexity index is 855. The van der Waals surface area contributed by atoms with Crippen LogP contribution in [0.5, 0.6) is 11.5 Å². The molecule has 0 aliphatic rings. The highest BCUT2D eigenvalue weighted by Gasteiger charge is 2.30. The third-order valence-electron chi connectivity index (χ3n) is 5.42. The Morgan fingerprint density at radius 2 is 1.57 bits per heavy atom. The highest BCUT2D eigenvalue weighted by atomic mass is 16.5. The molecule has 0 fully saturated rings. The number of aliphatic imine (C=N–C) groups is 1. The van der Waals surface area contributed by atoms with Crippen molar-refractivity contribution in [1.29, 1.82) is 5.41 Å². The molecule has 2 aromatic carbocycles. The van der Waals surface area contributed by atoms with E-state index in [1.54, 1.807) is 33.4 Å². The van der Waals surface area contributed by atoms with E-state index in [1.807, 2.05) is 24.3 Å². The average Bonchev–Trinajstić information content (AvgIpc) is 2.76. The molecule has 28 heavy (non-hydrogen) atoms. The summed E-state index contributed by atoms with van der Waals surface area (Å²) in [5.41, 5.74) is 2.40. The Balaban J connectivity index is 2.54. The van der Waals surface area contributed by atoms with Gasteiger partial charge in [0, 0.05) is 7.05 Å². The molecule has 0 atom stereocenters. The molecule has 5 heteroatoms. The second-order valence-corrected chi connectivity index (χ2v) is 6.81. The number of ether oxygens (including phenoxy) is 3. The number of para-hydroxylation sites is 1. The van der Waals surface area contributed by atoms with E-state index in [4.69, 9.17) is 19.6 Å². The van der Waals surface area contributed by atoms with Crippen LogP contribution < -0.4 is 9.47 Å². The zero-order chi connectivity index (χ0) is 20.7. The van der Waals surface area contributed by atoms with Crippen molar-refractivity contribution in [2.24, 2.45) is 4.99 Å². The van der Waals surface area contributed by atoms with Crippen LogP contribution in [0.1, 0.15) is 50.3 Å². The smallest absolute Gasteiger partial charge is 0.227 e. The minimum atomic E-state index is -0.0597. The van der Waals surface area contributed by atoms with E-state index in [9.17, 15) is 0 Å². The summed E-state index contributed by atoms with van der Waals surface area (Å²) in [5.74, 6) is 1.59. The van der Waals surface area contributed by atoms with Crippen LogP contribution in [0.3, 0.4) is 0 Å². The third-order valence-corrected chi connectivity index (χ3v) is 5.42. The molecule has 0 aliphatic heterocycles. The summed E-state index contributed by atoms with van der Waals surface area (Å²) in [5, 5.41) is 8.48. The normalized spacial score (nSPS) is 11.9. The van der Waals surface area contributed by atoms with Crippen molar-refractivity contribution in [3.63, 3.8) is 0 Å². The first kappa shape index (κ1) is 21.5. The van der Waals surface area contributed by atoms with Gasteiger partial charge in [0.15, 0.2) is 0 Å². The number of hydrogen-bond donors (Lipinski definition) is 1. The summed E-state index contributed by atoms with van der Waals surface area (Å²) < 4.78 is 16.9. The van der Waals surface area contributed by atoms with Gasteiger partial charge in [-0.1, -0.05) is 45.0 Å². The number of methoxy groups -OCH3 is 2. The Labute approximate surface area is 167 Å². The summed E-state index contributed by atoms with van der Waals surface area (Å²) in [6, 6.07) is 13.3. The van der Waals surface area contributed by atoms with Crippen LogP contribution in [0.2, 0.25) is 0 Å². The molecule has 0 unspecified atom stereocenters. The van der Waals surface area contributed by atoms with Gasteiger partial charge in [-0.15, -0.1) is 0 Å². The quantitative estimate of drug-likeness (QED) is 0.529. The molecule has 2 rings (SSSR count). The average molecular weight is 383 g/mol. The van der Waals surface area contributed by atoms with Crippen molar-refractivity contribution in [3.05, 3.63) is 59.2 Å². The first-order valence-electron chi connectivity index (χ1n) is 9.50. The lowest BCUT2D eigenvalue weighted by Gasteiger charge is -2.30. The zero-order valence-electron chi connectivity index (χ0n) is 17.6. The summed E-state index contributed by atoms with van der Waals surface area (Å²) in [6.07, 6.45) is 1.93. The van der Waals surface area contributed by atoms with E-state index < -0.39 is 0 Å². The largest absolute Gasteiger partial charge is 0.496 e. The molecular formula is C23H30N2O3. The van der Waals surface area contributed by atoms with E-state index in [0.717, 1.165) is 24.0 Å². The van der Waals surface area contributed by atoms with Gasteiger partial charge in [-0.2, -0.15) is 0 Å². The molecule has 5 nitrogen and oxygen atoms in total. The van der Waals surface area contributed by atoms with Crippen molar-refractivity contribution in [3.8, 4) is 11.5 Å². The van der Waals surface area contributed by atoms with E-state index >= 15 is 0 Å². The monoisotopic (exact) mass is 382 g/mol. The first-order valence-corrected chi connectivity index (χ1v) is 9.50. The molecule has 0 saturated carbocycles. The summed E-state index contributed by atoms with van der Waals surface area (Å²) in [4.78, 5) is 4.36. The van der Waals surface area contributed by atoms with Gasteiger partial charge in [0.1, 0.15) is 11.5 Å². The third kappa shape index (κ3) is 4.19. The molecule has 2 aromatic rings. The molecule has 150 valence electrons. The lowest BCUT2D eigenvalue weighted by molar-refractivity contribution is 0.399. The number of nitrogens with zero attached hydrogens (tertiary/aromatic N) is 1. The van der Waals surface area contributed by atoms with Crippen LogP contribution in [-0.4, -0.2) is 33.1 Å². The van der Waals surface area contributed by atoms with Crippen molar-refractivity contribution in [2.45, 2.75) is 39.0 Å². The van der Waals surface area contributed by atoms with Crippen LogP contribution >= 0.6 is 0 Å². The minimum Gasteiger partial charge on any atom is -0.496 e. The van der Waals surface area contributed by atoms with Crippen LogP contribution in [0.4, 0.5) is 0 Å². The standard InChI is InChI=1S/C23H30N2O3/c1-7-23(3,8-2)17-13-11-15-19(27-6)20(17)22(25-4)28-21(24)16-12-9-10-14-18(16)26-5/h9-15,24H,7-8H2,1-6H3/b24-21?,25-22+. The molecule has 0 spiro atoms. The van der Waals surface area contributed by atoms with Gasteiger partial charge >= 0.3 is 0 Å². The highest BCUT2D eigenvalue weighted by molar-refractivity contribution is 6.09. The predicted octanol–water partition coefficient (Wildman–Crippen LogP) is 5.20. The molecule has 0 aromatic heterocycles. The maximum absolute atomic E-state index is 8.48. The number of benzene rings is 2. The van der Waals surface area contributed by atoms with Crippen LogP contribution in [0, 0.1) is 5.41 Å². The second-order valence-electron chi connectivity index (χ2n) is 6.81. The van der Waals surface area contributed by atoms with Crippen molar-refractivity contribution >= 4 is 11.8 Å². The molecule has 0 bridgehead atoms. The van der Waals surface area contributed by atoms with Gasteiger partial charge < -0.3 is 14.2 Å². The van der Waals surface area contributed by atoms with E-state index in [-0.39, 0.29) is 11.3 Å². The minimum absolute atomic E-state index is 0.0235. The summed E-state index contributed by atoms with van der Waals surface area (Å²) in [6.45, 7) is 6.57. The Morgan fingerprint density at radius 3 is 2.14 bits per heavy atom. The maximum Gasteiger partial charge on any atom is 0.227 e. The number of rotatable bonds is 7. The summed E-state index contributed by atoms with van der Waals surface area (Å²) in [7, 11) is 4.88. The maximum atomic E-state index is 8.48. The van der Waals surface area contributed by atoms with E-state index in [1.165, 1.54) is 0 Å². The highest BCUT2D eigenvalue weighted by Crippen LogP contribution is 2.37. The lowest BCUT2D eigenvalue weighted by atomic mass is 9.75. The topological polar surface area (TPSA) is 63.9 Å². The molecule has 0 heterocycles. The molecule has 0 radical (unpaired) electrons. The van der Waals surface area contributed by atoms with Gasteiger partial charge in [-0.3, -0.25) is 10.4 Å². The Hall–Kier alpha value is -2.82. The molecule has 0 amide bonds. The molecular weight excluding hydrogens is 352 g/mol. The van der Waals surface area contributed by atoms with Crippen molar-refractivity contribution in [2.75, 3.05) is 21.3 Å². The Morgan fingerprint density at radius 1 is 0.964 bits per heavy atom.